The minimum absolute atomic E-state index is 0.0910. The molecule has 1 saturated carbocycles. The highest BCUT2D eigenvalue weighted by molar-refractivity contribution is 7.98. The van der Waals surface area contributed by atoms with Gasteiger partial charge in [-0.2, -0.15) is 0 Å². The predicted molar refractivity (Wildman–Crippen MR) is 104 cm³/mol. The van der Waals surface area contributed by atoms with E-state index in [-0.39, 0.29) is 11.8 Å². The third kappa shape index (κ3) is 3.90. The standard InChI is InChI=1S/C18H22N6OS/c1-26-18-19-7-6-16(22-18)24-10-8-23(9-11-24)14-4-5-15(20-12-14)21-17(25)13-2-3-13/h4-7,12-13H,2-3,8-11H2,1H3,(H,20,21,25). The summed E-state index contributed by atoms with van der Waals surface area (Å²) in [5, 5.41) is 3.68. The Balaban J connectivity index is 1.34. The van der Waals surface area contributed by atoms with Crippen LogP contribution in [-0.2, 0) is 4.79 Å². The first-order chi connectivity index (χ1) is 12.7. The van der Waals surface area contributed by atoms with E-state index in [0.717, 1.165) is 55.7 Å². The third-order valence-electron chi connectivity index (χ3n) is 4.72. The molecule has 4 rings (SSSR count). The lowest BCUT2D eigenvalue weighted by Gasteiger charge is -2.36. The Morgan fingerprint density at radius 1 is 1.12 bits per heavy atom. The molecule has 0 bridgehead atoms. The van der Waals surface area contributed by atoms with Gasteiger partial charge in [-0.25, -0.2) is 15.0 Å². The highest BCUT2D eigenvalue weighted by Gasteiger charge is 2.29. The predicted octanol–water partition coefficient (Wildman–Crippen LogP) is 2.27. The van der Waals surface area contributed by atoms with Crippen LogP contribution in [0.15, 0.2) is 35.7 Å². The lowest BCUT2D eigenvalue weighted by Crippen LogP contribution is -2.46. The van der Waals surface area contributed by atoms with Crippen LogP contribution in [-0.4, -0.2) is 53.3 Å². The molecule has 0 spiro atoms. The second-order valence-electron chi connectivity index (χ2n) is 6.54. The zero-order valence-corrected chi connectivity index (χ0v) is 15.6. The second kappa shape index (κ2) is 7.49. The molecule has 7 nitrogen and oxygen atoms in total. The molecule has 136 valence electrons. The molecule has 26 heavy (non-hydrogen) atoms. The van der Waals surface area contributed by atoms with Crippen molar-refractivity contribution in [1.82, 2.24) is 15.0 Å². The molecule has 2 aromatic rings. The third-order valence-corrected chi connectivity index (χ3v) is 5.28. The van der Waals surface area contributed by atoms with Gasteiger partial charge in [0.05, 0.1) is 11.9 Å². The number of nitrogens with zero attached hydrogens (tertiary/aromatic N) is 5. The first kappa shape index (κ1) is 17.1. The highest BCUT2D eigenvalue weighted by Crippen LogP contribution is 2.30. The van der Waals surface area contributed by atoms with Gasteiger partial charge >= 0.3 is 0 Å². The summed E-state index contributed by atoms with van der Waals surface area (Å²) in [6.07, 6.45) is 7.65. The molecule has 0 radical (unpaired) electrons. The molecule has 3 heterocycles. The maximum atomic E-state index is 11.8. The first-order valence-corrected chi connectivity index (χ1v) is 10.1. The van der Waals surface area contributed by atoms with Crippen molar-refractivity contribution >= 4 is 35.0 Å². The number of hydrogen-bond donors (Lipinski definition) is 1. The molecule has 8 heteroatoms. The lowest BCUT2D eigenvalue weighted by atomic mass is 10.2. The number of thioether (sulfide) groups is 1. The summed E-state index contributed by atoms with van der Waals surface area (Å²) in [7, 11) is 0. The van der Waals surface area contributed by atoms with E-state index in [0.29, 0.717) is 5.82 Å². The summed E-state index contributed by atoms with van der Waals surface area (Å²) in [6.45, 7) is 3.64. The minimum Gasteiger partial charge on any atom is -0.367 e. The van der Waals surface area contributed by atoms with Gasteiger partial charge in [-0.05, 0) is 37.3 Å². The maximum Gasteiger partial charge on any atom is 0.228 e. The van der Waals surface area contributed by atoms with Crippen molar-refractivity contribution in [1.29, 1.82) is 0 Å². The molecule has 1 N–H and O–H groups in total. The van der Waals surface area contributed by atoms with Crippen LogP contribution in [0.25, 0.3) is 0 Å². The van der Waals surface area contributed by atoms with Crippen LogP contribution >= 0.6 is 11.8 Å². The van der Waals surface area contributed by atoms with E-state index in [2.05, 4.69) is 30.1 Å². The summed E-state index contributed by atoms with van der Waals surface area (Å²) in [4.78, 5) is 29.6. The fraction of sp³-hybridized carbons (Fsp3) is 0.444. The van der Waals surface area contributed by atoms with Crippen molar-refractivity contribution in [3.05, 3.63) is 30.6 Å². The number of carbonyl (C=O) groups is 1. The summed E-state index contributed by atoms with van der Waals surface area (Å²) >= 11 is 1.56. The Hall–Kier alpha value is -2.35. The summed E-state index contributed by atoms with van der Waals surface area (Å²) in [5.41, 5.74) is 1.08. The Labute approximate surface area is 157 Å². The number of aromatic nitrogens is 3. The molecule has 1 amide bonds. The van der Waals surface area contributed by atoms with Crippen LogP contribution in [0.5, 0.6) is 0 Å². The van der Waals surface area contributed by atoms with Crippen LogP contribution in [0.3, 0.4) is 0 Å². The fourth-order valence-corrected chi connectivity index (χ4v) is 3.37. The molecular formula is C18H22N6OS. The van der Waals surface area contributed by atoms with Gasteiger partial charge in [0, 0.05) is 38.3 Å². The van der Waals surface area contributed by atoms with Crippen molar-refractivity contribution in [3.8, 4) is 0 Å². The van der Waals surface area contributed by atoms with E-state index >= 15 is 0 Å². The van der Waals surface area contributed by atoms with E-state index in [1.54, 1.807) is 11.8 Å². The maximum absolute atomic E-state index is 11.8. The van der Waals surface area contributed by atoms with Gasteiger partial charge in [0.2, 0.25) is 5.91 Å². The topological polar surface area (TPSA) is 74.2 Å². The van der Waals surface area contributed by atoms with Crippen LogP contribution in [0.4, 0.5) is 17.3 Å². The van der Waals surface area contributed by atoms with Crippen LogP contribution < -0.4 is 15.1 Å². The number of pyridine rings is 1. The number of anilines is 3. The number of piperazine rings is 1. The fourth-order valence-electron chi connectivity index (χ4n) is 3.02. The largest absolute Gasteiger partial charge is 0.367 e. The van der Waals surface area contributed by atoms with Gasteiger partial charge in [0.15, 0.2) is 5.16 Å². The van der Waals surface area contributed by atoms with E-state index in [9.17, 15) is 4.79 Å². The number of hydrogen-bond acceptors (Lipinski definition) is 7. The van der Waals surface area contributed by atoms with Crippen molar-refractivity contribution in [3.63, 3.8) is 0 Å². The van der Waals surface area contributed by atoms with Gasteiger partial charge in [0.25, 0.3) is 0 Å². The summed E-state index contributed by atoms with van der Waals surface area (Å²) < 4.78 is 0. The highest BCUT2D eigenvalue weighted by atomic mass is 32.2. The van der Waals surface area contributed by atoms with E-state index in [4.69, 9.17) is 0 Å². The number of carbonyl (C=O) groups excluding carboxylic acids is 1. The molecule has 0 aromatic carbocycles. The van der Waals surface area contributed by atoms with Crippen LogP contribution in [0.2, 0.25) is 0 Å². The summed E-state index contributed by atoms with van der Waals surface area (Å²) in [5.74, 6) is 1.90. The van der Waals surface area contributed by atoms with Gasteiger partial charge in [-0.15, -0.1) is 0 Å². The molecule has 1 aliphatic carbocycles. The van der Waals surface area contributed by atoms with Gasteiger partial charge in [-0.3, -0.25) is 4.79 Å². The quantitative estimate of drug-likeness (QED) is 0.639. The average Bonchev–Trinajstić information content (AvgIpc) is 3.54. The average molecular weight is 370 g/mol. The molecule has 1 saturated heterocycles. The second-order valence-corrected chi connectivity index (χ2v) is 7.31. The Kier molecular flexibility index (Phi) is 4.92. The minimum atomic E-state index is 0.0910. The molecule has 0 atom stereocenters. The zero-order valence-electron chi connectivity index (χ0n) is 14.8. The molecule has 2 fully saturated rings. The van der Waals surface area contributed by atoms with E-state index in [1.165, 1.54) is 0 Å². The molecular weight excluding hydrogens is 348 g/mol. The van der Waals surface area contributed by atoms with Gasteiger partial charge in [0.1, 0.15) is 11.6 Å². The van der Waals surface area contributed by atoms with Crippen molar-refractivity contribution in [2.75, 3.05) is 47.6 Å². The monoisotopic (exact) mass is 370 g/mol. The Bertz CT molecular complexity index is 772. The van der Waals surface area contributed by atoms with Crippen molar-refractivity contribution in [2.24, 2.45) is 5.92 Å². The number of rotatable bonds is 5. The van der Waals surface area contributed by atoms with Crippen LogP contribution in [0.1, 0.15) is 12.8 Å². The smallest absolute Gasteiger partial charge is 0.228 e. The van der Waals surface area contributed by atoms with Crippen molar-refractivity contribution in [2.45, 2.75) is 18.0 Å². The Morgan fingerprint density at radius 3 is 2.54 bits per heavy atom. The molecule has 0 unspecified atom stereocenters. The van der Waals surface area contributed by atoms with Gasteiger partial charge in [-0.1, -0.05) is 11.8 Å². The summed E-state index contributed by atoms with van der Waals surface area (Å²) in [6, 6.07) is 5.88. The molecule has 1 aliphatic heterocycles. The van der Waals surface area contributed by atoms with E-state index < -0.39 is 0 Å². The zero-order chi connectivity index (χ0) is 17.9. The molecule has 2 aliphatic rings. The SMILES string of the molecule is CSc1nccc(N2CCN(c3ccc(NC(=O)C4CC4)nc3)CC2)n1. The van der Waals surface area contributed by atoms with E-state index in [1.807, 2.05) is 36.8 Å². The Morgan fingerprint density at radius 2 is 1.88 bits per heavy atom. The van der Waals surface area contributed by atoms with Crippen LogP contribution in [0, 0.1) is 5.92 Å². The number of amides is 1. The molecule has 2 aromatic heterocycles. The van der Waals surface area contributed by atoms with Crippen molar-refractivity contribution < 1.29 is 4.79 Å². The van der Waals surface area contributed by atoms with Gasteiger partial charge < -0.3 is 15.1 Å². The number of nitrogens with one attached hydrogen (secondary N) is 1. The first-order valence-electron chi connectivity index (χ1n) is 8.87. The lowest BCUT2D eigenvalue weighted by molar-refractivity contribution is -0.117. The normalized spacial score (nSPS) is 17.3.